The van der Waals surface area contributed by atoms with E-state index in [1.807, 2.05) is 12.1 Å². The van der Waals surface area contributed by atoms with Crippen LogP contribution in [0.5, 0.6) is 0 Å². The van der Waals surface area contributed by atoms with Crippen LogP contribution in [0.3, 0.4) is 0 Å². The molecule has 0 spiro atoms. The lowest BCUT2D eigenvalue weighted by atomic mass is 10.2. The molecule has 0 aromatic carbocycles. The highest BCUT2D eigenvalue weighted by Gasteiger charge is 2.25. The maximum atomic E-state index is 10.9. The average Bonchev–Trinajstić information content (AvgIpc) is 3.04. The van der Waals surface area contributed by atoms with E-state index in [-0.39, 0.29) is 0 Å². The summed E-state index contributed by atoms with van der Waals surface area (Å²) in [5.41, 5.74) is 2.05. The van der Waals surface area contributed by atoms with Gasteiger partial charge in [0.1, 0.15) is 5.69 Å². The van der Waals surface area contributed by atoms with Crippen LogP contribution < -0.4 is 0 Å². The van der Waals surface area contributed by atoms with Crippen LogP contribution in [0.1, 0.15) is 24.5 Å². The molecular formula is C11H11N3O3S. The zero-order valence-electron chi connectivity index (χ0n) is 9.39. The van der Waals surface area contributed by atoms with Gasteiger partial charge in [-0.2, -0.15) is 13.5 Å². The van der Waals surface area contributed by atoms with Crippen molar-refractivity contribution in [3.05, 3.63) is 36.2 Å². The number of pyridine rings is 1. The van der Waals surface area contributed by atoms with Gasteiger partial charge in [0, 0.05) is 17.8 Å². The Morgan fingerprint density at radius 3 is 2.61 bits per heavy atom. The minimum absolute atomic E-state index is 0.426. The number of rotatable bonds is 3. The van der Waals surface area contributed by atoms with Gasteiger partial charge in [0.2, 0.25) is 0 Å². The Balaban J connectivity index is 1.99. The molecule has 7 heteroatoms. The zero-order valence-corrected chi connectivity index (χ0v) is 10.2. The molecule has 3 rings (SSSR count). The third kappa shape index (κ3) is 2.14. The number of aromatic nitrogens is 3. The average molecular weight is 265 g/mol. The molecule has 1 N–H and O–H groups in total. The van der Waals surface area contributed by atoms with Crippen LogP contribution in [0.2, 0.25) is 0 Å². The monoisotopic (exact) mass is 265 g/mol. The van der Waals surface area contributed by atoms with Crippen molar-refractivity contribution in [1.82, 2.24) is 14.2 Å². The highest BCUT2D eigenvalue weighted by atomic mass is 32.2. The number of hydrogen-bond donors (Lipinski definition) is 1. The molecule has 0 bridgehead atoms. The molecule has 0 saturated heterocycles. The predicted molar refractivity (Wildman–Crippen MR) is 64.4 cm³/mol. The van der Waals surface area contributed by atoms with E-state index in [0.717, 1.165) is 18.5 Å². The van der Waals surface area contributed by atoms with Crippen LogP contribution in [-0.4, -0.2) is 27.1 Å². The second-order valence-corrected chi connectivity index (χ2v) is 5.54. The van der Waals surface area contributed by atoms with Gasteiger partial charge in [-0.05, 0) is 31.0 Å². The molecule has 2 aromatic heterocycles. The molecule has 2 aromatic rings. The molecule has 94 valence electrons. The van der Waals surface area contributed by atoms with E-state index < -0.39 is 10.3 Å². The van der Waals surface area contributed by atoms with Crippen molar-refractivity contribution in [3.63, 3.8) is 0 Å². The first kappa shape index (κ1) is 11.4. The van der Waals surface area contributed by atoms with Crippen LogP contribution in [0.4, 0.5) is 0 Å². The van der Waals surface area contributed by atoms with Gasteiger partial charge in [0.25, 0.3) is 0 Å². The number of nitrogens with zero attached hydrogens (tertiary/aromatic N) is 3. The van der Waals surface area contributed by atoms with E-state index in [0.29, 0.717) is 21.4 Å². The summed E-state index contributed by atoms with van der Waals surface area (Å²) in [6.07, 6.45) is 3.49. The van der Waals surface area contributed by atoms with Gasteiger partial charge in [0.15, 0.2) is 0 Å². The van der Waals surface area contributed by atoms with Crippen molar-refractivity contribution >= 4 is 10.3 Å². The molecule has 1 aliphatic rings. The first-order valence-corrected chi connectivity index (χ1v) is 6.95. The summed E-state index contributed by atoms with van der Waals surface area (Å²) in [7, 11) is -4.33. The molecule has 0 unspecified atom stereocenters. The van der Waals surface area contributed by atoms with Gasteiger partial charge in [-0.25, -0.2) is 0 Å². The van der Waals surface area contributed by atoms with E-state index in [1.165, 1.54) is 12.3 Å². The second-order valence-electron chi connectivity index (χ2n) is 4.27. The Labute approximate surface area is 104 Å². The third-order valence-electron chi connectivity index (χ3n) is 2.83. The highest BCUT2D eigenvalue weighted by molar-refractivity contribution is 7.84. The fourth-order valence-electron chi connectivity index (χ4n) is 1.77. The molecule has 1 aliphatic carbocycles. The van der Waals surface area contributed by atoms with Crippen molar-refractivity contribution in [3.8, 4) is 11.4 Å². The summed E-state index contributed by atoms with van der Waals surface area (Å²) in [6.45, 7) is 0. The zero-order chi connectivity index (χ0) is 12.8. The smallest absolute Gasteiger partial charge is 0.268 e. The first-order valence-electron chi connectivity index (χ1n) is 5.55. The lowest BCUT2D eigenvalue weighted by molar-refractivity contribution is 0.466. The van der Waals surface area contributed by atoms with Crippen LogP contribution in [-0.2, 0) is 10.3 Å². The lowest BCUT2D eigenvalue weighted by Gasteiger charge is -2.00. The van der Waals surface area contributed by atoms with Crippen LogP contribution in [0.15, 0.2) is 30.5 Å². The highest BCUT2D eigenvalue weighted by Crippen LogP contribution is 2.39. The van der Waals surface area contributed by atoms with E-state index in [9.17, 15) is 8.42 Å². The minimum Gasteiger partial charge on any atom is -0.268 e. The quantitative estimate of drug-likeness (QED) is 0.849. The SMILES string of the molecule is O=S(=O)(O)n1ccc(-c2cccc(C3CC3)n2)n1. The summed E-state index contributed by atoms with van der Waals surface area (Å²) in [6, 6.07) is 7.11. The van der Waals surface area contributed by atoms with Crippen LogP contribution in [0.25, 0.3) is 11.4 Å². The van der Waals surface area contributed by atoms with E-state index in [1.54, 1.807) is 6.07 Å². The summed E-state index contributed by atoms with van der Waals surface area (Å²) in [5, 5.41) is 3.79. The van der Waals surface area contributed by atoms with Crippen molar-refractivity contribution in [1.29, 1.82) is 0 Å². The van der Waals surface area contributed by atoms with Gasteiger partial charge in [-0.15, -0.1) is 4.09 Å². The molecule has 2 heterocycles. The summed E-state index contributed by atoms with van der Waals surface area (Å²) < 4.78 is 31.2. The molecule has 1 saturated carbocycles. The fourth-order valence-corrected chi connectivity index (χ4v) is 2.18. The molecule has 0 amide bonds. The molecule has 1 fully saturated rings. The maximum absolute atomic E-state index is 10.9. The normalized spacial score (nSPS) is 15.8. The molecule has 0 radical (unpaired) electrons. The van der Waals surface area contributed by atoms with Gasteiger partial charge >= 0.3 is 10.3 Å². The Hall–Kier alpha value is -1.73. The van der Waals surface area contributed by atoms with Gasteiger partial charge in [-0.1, -0.05) is 6.07 Å². The Bertz CT molecular complexity index is 689. The van der Waals surface area contributed by atoms with Crippen LogP contribution in [0, 0.1) is 0 Å². The maximum Gasteiger partial charge on any atom is 0.379 e. The van der Waals surface area contributed by atoms with Crippen molar-refractivity contribution < 1.29 is 13.0 Å². The first-order chi connectivity index (χ1) is 8.54. The Morgan fingerprint density at radius 2 is 2.00 bits per heavy atom. The molecule has 18 heavy (non-hydrogen) atoms. The molecular weight excluding hydrogens is 254 g/mol. The lowest BCUT2D eigenvalue weighted by Crippen LogP contribution is -2.11. The Kier molecular flexibility index (Phi) is 2.46. The molecule has 0 atom stereocenters. The summed E-state index contributed by atoms with van der Waals surface area (Å²) in [4.78, 5) is 4.45. The summed E-state index contributed by atoms with van der Waals surface area (Å²) in [5.74, 6) is 0.522. The minimum atomic E-state index is -4.33. The molecule has 0 aliphatic heterocycles. The molecule has 6 nitrogen and oxygen atoms in total. The van der Waals surface area contributed by atoms with Gasteiger partial charge < -0.3 is 0 Å². The van der Waals surface area contributed by atoms with Crippen molar-refractivity contribution in [2.45, 2.75) is 18.8 Å². The predicted octanol–water partition coefficient (Wildman–Crippen LogP) is 1.47. The summed E-state index contributed by atoms with van der Waals surface area (Å²) >= 11 is 0. The largest absolute Gasteiger partial charge is 0.379 e. The second kappa shape index (κ2) is 3.89. The van der Waals surface area contributed by atoms with Gasteiger partial charge in [-0.3, -0.25) is 9.54 Å². The van der Waals surface area contributed by atoms with E-state index in [4.69, 9.17) is 4.55 Å². The topological polar surface area (TPSA) is 85.1 Å². The third-order valence-corrected chi connectivity index (χ3v) is 3.51. The number of hydrogen-bond acceptors (Lipinski definition) is 4. The van der Waals surface area contributed by atoms with E-state index >= 15 is 0 Å². The van der Waals surface area contributed by atoms with Crippen molar-refractivity contribution in [2.24, 2.45) is 0 Å². The fraction of sp³-hybridized carbons (Fsp3) is 0.273. The van der Waals surface area contributed by atoms with E-state index in [2.05, 4.69) is 10.1 Å². The Morgan fingerprint density at radius 1 is 1.22 bits per heavy atom. The van der Waals surface area contributed by atoms with Gasteiger partial charge in [0.05, 0.1) is 5.69 Å². The van der Waals surface area contributed by atoms with Crippen LogP contribution >= 0.6 is 0 Å². The van der Waals surface area contributed by atoms with Crippen molar-refractivity contribution in [2.75, 3.05) is 0 Å². The standard InChI is InChI=1S/C11H11N3O3S/c15-18(16,17)14-7-6-11(13-14)10-3-1-2-9(12-10)8-4-5-8/h1-3,6-8H,4-5H2,(H,15,16,17).